The molecule has 2 rings (SSSR count). The Hall–Kier alpha value is -0.990. The minimum atomic E-state index is -4.39. The van der Waals surface area contributed by atoms with Crippen molar-refractivity contribution < 1.29 is 13.2 Å². The van der Waals surface area contributed by atoms with Gasteiger partial charge in [0, 0.05) is 16.0 Å². The molecule has 8 heteroatoms. The van der Waals surface area contributed by atoms with E-state index in [1.165, 1.54) is 17.5 Å². The van der Waals surface area contributed by atoms with Crippen molar-refractivity contribution in [3.63, 3.8) is 0 Å². The van der Waals surface area contributed by atoms with Crippen molar-refractivity contribution in [1.29, 1.82) is 0 Å². The number of nitrogens with zero attached hydrogens (tertiary/aromatic N) is 2. The maximum atomic E-state index is 12.6. The third kappa shape index (κ3) is 2.96. The lowest BCUT2D eigenvalue weighted by Gasteiger charge is -2.12. The van der Waals surface area contributed by atoms with E-state index in [0.717, 1.165) is 15.6 Å². The normalized spacial score (nSPS) is 13.8. The fourth-order valence-electron chi connectivity index (χ4n) is 1.77. The van der Waals surface area contributed by atoms with E-state index in [1.807, 2.05) is 13.8 Å². The molecule has 0 aliphatic carbocycles. The van der Waals surface area contributed by atoms with Crippen LogP contribution in [0.1, 0.15) is 31.5 Å². The van der Waals surface area contributed by atoms with Crippen LogP contribution in [0.25, 0.3) is 0 Å². The van der Waals surface area contributed by atoms with Gasteiger partial charge in [-0.2, -0.15) is 13.2 Å². The molecule has 0 saturated heterocycles. The van der Waals surface area contributed by atoms with E-state index in [0.29, 0.717) is 16.2 Å². The van der Waals surface area contributed by atoms with Gasteiger partial charge in [0.2, 0.25) is 0 Å². The summed E-state index contributed by atoms with van der Waals surface area (Å²) in [6.45, 7) is 3.73. The van der Waals surface area contributed by atoms with Crippen molar-refractivity contribution >= 4 is 22.7 Å². The number of aryl methyl sites for hydroxylation is 2. The zero-order chi connectivity index (χ0) is 14.2. The molecule has 0 bridgehead atoms. The van der Waals surface area contributed by atoms with Crippen molar-refractivity contribution in [2.24, 2.45) is 0 Å². The molecule has 0 amide bonds. The first-order valence-electron chi connectivity index (χ1n) is 5.47. The number of hydrogen-bond acceptors (Lipinski definition) is 5. The van der Waals surface area contributed by atoms with Crippen molar-refractivity contribution in [1.82, 2.24) is 15.3 Å². The Morgan fingerprint density at radius 1 is 1.26 bits per heavy atom. The lowest BCUT2D eigenvalue weighted by atomic mass is 10.2. The molecule has 0 fully saturated rings. The van der Waals surface area contributed by atoms with Crippen LogP contribution in [-0.2, 0) is 6.18 Å². The Balaban J connectivity index is 2.38. The zero-order valence-electron chi connectivity index (χ0n) is 10.5. The molecule has 3 nitrogen and oxygen atoms in total. The summed E-state index contributed by atoms with van der Waals surface area (Å²) in [5, 5.41) is 3.11. The molecule has 0 aliphatic rings. The highest BCUT2D eigenvalue weighted by Gasteiger charge is 2.35. The fourth-order valence-corrected chi connectivity index (χ4v) is 3.80. The van der Waals surface area contributed by atoms with E-state index in [2.05, 4.69) is 15.3 Å². The predicted octanol–water partition coefficient (Wildman–Crippen LogP) is 3.54. The van der Waals surface area contributed by atoms with Crippen LogP contribution in [0.3, 0.4) is 0 Å². The summed E-state index contributed by atoms with van der Waals surface area (Å²) in [5.41, 5.74) is 0.837. The van der Waals surface area contributed by atoms with Gasteiger partial charge < -0.3 is 5.32 Å². The minimum Gasteiger partial charge on any atom is -0.308 e. The van der Waals surface area contributed by atoms with Gasteiger partial charge >= 0.3 is 6.18 Å². The number of nitrogens with one attached hydrogen (secondary N) is 1. The van der Waals surface area contributed by atoms with Gasteiger partial charge in [0.25, 0.3) is 0 Å². The number of halogens is 3. The van der Waals surface area contributed by atoms with Gasteiger partial charge in [-0.05, 0) is 20.9 Å². The molecule has 104 valence electrons. The molecule has 19 heavy (non-hydrogen) atoms. The number of aromatic nitrogens is 2. The Labute approximate surface area is 116 Å². The molecule has 0 spiro atoms. The van der Waals surface area contributed by atoms with Gasteiger partial charge in [-0.3, -0.25) is 0 Å². The highest BCUT2D eigenvalue weighted by atomic mass is 32.1. The van der Waals surface area contributed by atoms with Gasteiger partial charge in [-0.1, -0.05) is 0 Å². The summed E-state index contributed by atoms with van der Waals surface area (Å²) in [6, 6.07) is -0.292. The summed E-state index contributed by atoms with van der Waals surface area (Å²) in [5.74, 6) is 0. The first-order valence-corrected chi connectivity index (χ1v) is 7.10. The molecule has 1 N–H and O–H groups in total. The molecule has 2 heterocycles. The van der Waals surface area contributed by atoms with Crippen LogP contribution >= 0.6 is 22.7 Å². The number of hydrogen-bond donors (Lipinski definition) is 1. The predicted molar refractivity (Wildman–Crippen MR) is 69.6 cm³/mol. The van der Waals surface area contributed by atoms with Gasteiger partial charge in [-0.25, -0.2) is 9.97 Å². The molecule has 0 aliphatic heterocycles. The summed E-state index contributed by atoms with van der Waals surface area (Å²) >= 11 is 2.15. The topological polar surface area (TPSA) is 37.8 Å². The monoisotopic (exact) mass is 307 g/mol. The summed E-state index contributed by atoms with van der Waals surface area (Å²) in [6.07, 6.45) is -3.11. The molecule has 0 radical (unpaired) electrons. The maximum absolute atomic E-state index is 12.6. The Morgan fingerprint density at radius 3 is 2.37 bits per heavy atom. The quantitative estimate of drug-likeness (QED) is 0.942. The van der Waals surface area contributed by atoms with E-state index < -0.39 is 11.2 Å². The number of rotatable bonds is 3. The molecule has 2 aromatic rings. The van der Waals surface area contributed by atoms with E-state index >= 15 is 0 Å². The first kappa shape index (κ1) is 14.4. The van der Waals surface area contributed by atoms with Gasteiger partial charge in [0.15, 0.2) is 5.01 Å². The number of thiazole rings is 2. The Bertz CT molecular complexity index is 574. The van der Waals surface area contributed by atoms with Crippen molar-refractivity contribution in [3.8, 4) is 0 Å². The molecule has 0 saturated carbocycles. The lowest BCUT2D eigenvalue weighted by molar-refractivity contribution is -0.137. The first-order chi connectivity index (χ1) is 8.82. The van der Waals surface area contributed by atoms with Crippen LogP contribution in [0.15, 0.2) is 6.20 Å². The van der Waals surface area contributed by atoms with Crippen molar-refractivity contribution in [2.75, 3.05) is 7.05 Å². The minimum absolute atomic E-state index is 0.292. The third-order valence-corrected chi connectivity index (χ3v) is 4.79. The number of alkyl halides is 3. The van der Waals surface area contributed by atoms with Crippen LogP contribution in [-0.4, -0.2) is 17.0 Å². The lowest BCUT2D eigenvalue weighted by Crippen LogP contribution is -2.16. The van der Waals surface area contributed by atoms with Crippen LogP contribution in [0, 0.1) is 13.8 Å². The summed E-state index contributed by atoms with van der Waals surface area (Å²) < 4.78 is 37.7. The highest BCUT2D eigenvalue weighted by molar-refractivity contribution is 7.13. The Morgan fingerprint density at radius 2 is 1.95 bits per heavy atom. The van der Waals surface area contributed by atoms with Crippen LogP contribution in [0.5, 0.6) is 0 Å². The molecule has 1 unspecified atom stereocenters. The maximum Gasteiger partial charge on any atom is 0.443 e. The molecule has 0 aromatic carbocycles. The van der Waals surface area contributed by atoms with E-state index in [1.54, 1.807) is 7.05 Å². The molecular weight excluding hydrogens is 295 g/mol. The molecule has 1 atom stereocenters. The van der Waals surface area contributed by atoms with Crippen molar-refractivity contribution in [3.05, 3.63) is 31.7 Å². The van der Waals surface area contributed by atoms with E-state index in [-0.39, 0.29) is 6.04 Å². The highest BCUT2D eigenvalue weighted by Crippen LogP contribution is 2.37. The van der Waals surface area contributed by atoms with Gasteiger partial charge in [-0.15, -0.1) is 22.7 Å². The molecule has 2 aromatic heterocycles. The largest absolute Gasteiger partial charge is 0.443 e. The Kier molecular flexibility index (Phi) is 3.93. The smallest absolute Gasteiger partial charge is 0.308 e. The second-order valence-corrected chi connectivity index (χ2v) is 6.27. The second-order valence-electron chi connectivity index (χ2n) is 3.97. The average Bonchev–Trinajstić information content (AvgIpc) is 2.87. The van der Waals surface area contributed by atoms with E-state index in [4.69, 9.17) is 0 Å². The fraction of sp³-hybridized carbons (Fsp3) is 0.455. The standard InChI is InChI=1S/C11H12F3N3S2/c1-5-9(18-6(2)17-5)8(15-3)7-4-16-10(19-7)11(12,13)14/h4,8,15H,1-3H3. The van der Waals surface area contributed by atoms with Crippen LogP contribution in [0.4, 0.5) is 13.2 Å². The molecular formula is C11H12F3N3S2. The van der Waals surface area contributed by atoms with E-state index in [9.17, 15) is 13.2 Å². The van der Waals surface area contributed by atoms with Crippen molar-refractivity contribution in [2.45, 2.75) is 26.1 Å². The van der Waals surface area contributed by atoms with Crippen LogP contribution in [0.2, 0.25) is 0 Å². The van der Waals surface area contributed by atoms with Gasteiger partial charge in [0.1, 0.15) is 0 Å². The SMILES string of the molecule is CNC(c1cnc(C(F)(F)F)s1)c1sc(C)nc1C. The summed E-state index contributed by atoms with van der Waals surface area (Å²) in [7, 11) is 1.71. The zero-order valence-corrected chi connectivity index (χ0v) is 12.1. The van der Waals surface area contributed by atoms with Crippen LogP contribution < -0.4 is 5.32 Å². The average molecular weight is 307 g/mol. The van der Waals surface area contributed by atoms with Gasteiger partial charge in [0.05, 0.1) is 16.7 Å². The summed E-state index contributed by atoms with van der Waals surface area (Å²) in [4.78, 5) is 9.23. The third-order valence-electron chi connectivity index (χ3n) is 2.54. The second kappa shape index (κ2) is 5.18.